The summed E-state index contributed by atoms with van der Waals surface area (Å²) in [6, 6.07) is 5.19. The molecule has 3 amide bonds. The summed E-state index contributed by atoms with van der Waals surface area (Å²) in [5.74, 6) is 0.641. The van der Waals surface area contributed by atoms with E-state index in [0.29, 0.717) is 19.6 Å². The number of nitrogens with zero attached hydrogens (tertiary/aromatic N) is 1. The van der Waals surface area contributed by atoms with Crippen molar-refractivity contribution in [2.75, 3.05) is 27.2 Å². The number of carbonyl (C=O) groups is 2. The van der Waals surface area contributed by atoms with E-state index in [2.05, 4.69) is 21.2 Å². The SMILES string of the molecule is COc1ccc(Br)cc1C[NH+](C)[C@H](C)C(=O)N1CCNC1=O. The Morgan fingerprint density at radius 3 is 2.86 bits per heavy atom. The lowest BCUT2D eigenvalue weighted by atomic mass is 10.1. The number of urea groups is 1. The number of hydrogen-bond acceptors (Lipinski definition) is 3. The lowest BCUT2D eigenvalue weighted by Crippen LogP contribution is -3.12. The second-order valence-electron chi connectivity index (χ2n) is 5.42. The first-order valence-corrected chi connectivity index (χ1v) is 7.97. The van der Waals surface area contributed by atoms with Crippen molar-refractivity contribution in [3.63, 3.8) is 0 Å². The molecule has 0 aromatic heterocycles. The third-order valence-corrected chi connectivity index (χ3v) is 4.44. The summed E-state index contributed by atoms with van der Waals surface area (Å²) in [7, 11) is 3.57. The zero-order valence-corrected chi connectivity index (χ0v) is 14.6. The molecule has 0 spiro atoms. The number of benzene rings is 1. The third-order valence-electron chi connectivity index (χ3n) is 3.94. The maximum atomic E-state index is 12.4. The first kappa shape index (κ1) is 16.8. The van der Waals surface area contributed by atoms with Crippen molar-refractivity contribution in [1.29, 1.82) is 0 Å². The summed E-state index contributed by atoms with van der Waals surface area (Å²) in [5, 5.41) is 2.65. The molecule has 1 unspecified atom stereocenters. The topological polar surface area (TPSA) is 63.1 Å². The number of amides is 3. The minimum atomic E-state index is -0.312. The van der Waals surface area contributed by atoms with E-state index in [4.69, 9.17) is 4.74 Å². The fourth-order valence-corrected chi connectivity index (χ4v) is 2.87. The van der Waals surface area contributed by atoms with E-state index in [1.165, 1.54) is 4.90 Å². The molecule has 2 N–H and O–H groups in total. The molecular formula is C15H21BrN3O3+. The van der Waals surface area contributed by atoms with E-state index in [-0.39, 0.29) is 18.0 Å². The molecule has 7 heteroatoms. The van der Waals surface area contributed by atoms with Crippen LogP contribution < -0.4 is 15.0 Å². The summed E-state index contributed by atoms with van der Waals surface area (Å²) >= 11 is 3.45. The first-order chi connectivity index (χ1) is 10.4. The lowest BCUT2D eigenvalue weighted by molar-refractivity contribution is -0.908. The second-order valence-corrected chi connectivity index (χ2v) is 6.34. The molecule has 1 aliphatic rings. The molecule has 2 atom stereocenters. The number of quaternary nitrogens is 1. The highest BCUT2D eigenvalue weighted by Gasteiger charge is 2.33. The number of hydrogen-bond donors (Lipinski definition) is 2. The zero-order chi connectivity index (χ0) is 16.3. The van der Waals surface area contributed by atoms with Gasteiger partial charge in [0.2, 0.25) is 0 Å². The molecule has 1 aromatic rings. The van der Waals surface area contributed by atoms with Crippen LogP contribution >= 0.6 is 15.9 Å². The van der Waals surface area contributed by atoms with E-state index in [0.717, 1.165) is 20.7 Å². The molecule has 1 heterocycles. The van der Waals surface area contributed by atoms with Crippen molar-refractivity contribution in [1.82, 2.24) is 10.2 Å². The number of nitrogens with one attached hydrogen (secondary N) is 2. The molecule has 0 aliphatic carbocycles. The van der Waals surface area contributed by atoms with Crippen LogP contribution in [0, 0.1) is 0 Å². The van der Waals surface area contributed by atoms with Gasteiger partial charge in [0.15, 0.2) is 6.04 Å². The van der Waals surface area contributed by atoms with Gasteiger partial charge >= 0.3 is 6.03 Å². The van der Waals surface area contributed by atoms with Crippen LogP contribution in [-0.2, 0) is 11.3 Å². The Labute approximate surface area is 138 Å². The summed E-state index contributed by atoms with van der Waals surface area (Å²) in [6.07, 6.45) is 0. The average molecular weight is 371 g/mol. The van der Waals surface area contributed by atoms with Gasteiger partial charge in [-0.15, -0.1) is 0 Å². The molecule has 1 aliphatic heterocycles. The van der Waals surface area contributed by atoms with E-state index in [1.54, 1.807) is 7.11 Å². The highest BCUT2D eigenvalue weighted by molar-refractivity contribution is 9.10. The number of likely N-dealkylation sites (N-methyl/N-ethyl adjacent to an activating group) is 1. The van der Waals surface area contributed by atoms with Gasteiger partial charge in [-0.1, -0.05) is 15.9 Å². The Kier molecular flexibility index (Phi) is 5.42. The molecule has 0 bridgehead atoms. The van der Waals surface area contributed by atoms with Gasteiger partial charge in [0, 0.05) is 23.1 Å². The summed E-state index contributed by atoms with van der Waals surface area (Å²) < 4.78 is 6.33. The Bertz CT molecular complexity index is 579. The number of methoxy groups -OCH3 is 1. The predicted octanol–water partition coefficient (Wildman–Crippen LogP) is 0.413. The normalized spacial score (nSPS) is 17.1. The van der Waals surface area contributed by atoms with Crippen molar-refractivity contribution in [2.24, 2.45) is 0 Å². The highest BCUT2D eigenvalue weighted by Crippen LogP contribution is 2.22. The number of imide groups is 1. The highest BCUT2D eigenvalue weighted by atomic mass is 79.9. The fourth-order valence-electron chi connectivity index (χ4n) is 2.47. The van der Waals surface area contributed by atoms with Crippen molar-refractivity contribution < 1.29 is 19.2 Å². The molecule has 22 heavy (non-hydrogen) atoms. The van der Waals surface area contributed by atoms with Gasteiger partial charge in [-0.3, -0.25) is 9.69 Å². The molecule has 6 nitrogen and oxygen atoms in total. The minimum Gasteiger partial charge on any atom is -0.496 e. The minimum absolute atomic E-state index is 0.151. The molecule has 1 saturated heterocycles. The standard InChI is InChI=1S/C15H20BrN3O3/c1-10(14(20)19-7-6-17-15(19)21)18(2)9-11-8-12(16)4-5-13(11)22-3/h4-5,8,10H,6-7,9H2,1-3H3,(H,17,21)/p+1/t10-/m1/s1. The smallest absolute Gasteiger partial charge is 0.324 e. The molecule has 1 aromatic carbocycles. The van der Waals surface area contributed by atoms with E-state index < -0.39 is 0 Å². The van der Waals surface area contributed by atoms with Gasteiger partial charge in [-0.25, -0.2) is 4.79 Å². The van der Waals surface area contributed by atoms with Crippen LogP contribution in [0.4, 0.5) is 4.79 Å². The summed E-state index contributed by atoms with van der Waals surface area (Å²) in [5.41, 5.74) is 1.01. The van der Waals surface area contributed by atoms with Crippen molar-refractivity contribution >= 4 is 27.9 Å². The van der Waals surface area contributed by atoms with Crippen LogP contribution in [0.2, 0.25) is 0 Å². The summed E-state index contributed by atoms with van der Waals surface area (Å²) in [4.78, 5) is 26.3. The molecule has 0 radical (unpaired) electrons. The van der Waals surface area contributed by atoms with Gasteiger partial charge in [0.1, 0.15) is 12.3 Å². The van der Waals surface area contributed by atoms with Crippen LogP contribution in [0.25, 0.3) is 0 Å². The largest absolute Gasteiger partial charge is 0.496 e. The lowest BCUT2D eigenvalue weighted by Gasteiger charge is -2.24. The van der Waals surface area contributed by atoms with Crippen LogP contribution in [0.3, 0.4) is 0 Å². The van der Waals surface area contributed by atoms with Crippen molar-refractivity contribution in [2.45, 2.75) is 19.5 Å². The molecule has 1 fully saturated rings. The number of rotatable bonds is 5. The Hall–Kier alpha value is -1.60. The number of carbonyl (C=O) groups excluding carboxylic acids is 2. The molecule has 2 rings (SSSR count). The van der Waals surface area contributed by atoms with E-state index >= 15 is 0 Å². The maximum Gasteiger partial charge on any atom is 0.324 e. The van der Waals surface area contributed by atoms with Gasteiger partial charge in [0.05, 0.1) is 14.2 Å². The zero-order valence-electron chi connectivity index (χ0n) is 13.0. The first-order valence-electron chi connectivity index (χ1n) is 7.18. The van der Waals surface area contributed by atoms with Crippen molar-refractivity contribution in [3.8, 4) is 5.75 Å². The van der Waals surface area contributed by atoms with Crippen LogP contribution in [-0.4, -0.2) is 50.1 Å². The molecule has 0 saturated carbocycles. The van der Waals surface area contributed by atoms with Gasteiger partial charge in [-0.2, -0.15) is 0 Å². The maximum absolute atomic E-state index is 12.4. The quantitative estimate of drug-likeness (QED) is 0.789. The Morgan fingerprint density at radius 1 is 1.55 bits per heavy atom. The molecule has 120 valence electrons. The third kappa shape index (κ3) is 3.59. The van der Waals surface area contributed by atoms with Gasteiger partial charge in [0.25, 0.3) is 5.91 Å². The second kappa shape index (κ2) is 7.11. The van der Waals surface area contributed by atoms with E-state index in [1.807, 2.05) is 32.2 Å². The fraction of sp³-hybridized carbons (Fsp3) is 0.467. The van der Waals surface area contributed by atoms with Gasteiger partial charge < -0.3 is 15.0 Å². The van der Waals surface area contributed by atoms with Crippen molar-refractivity contribution in [3.05, 3.63) is 28.2 Å². The molecular weight excluding hydrogens is 350 g/mol. The van der Waals surface area contributed by atoms with Crippen LogP contribution in [0.15, 0.2) is 22.7 Å². The number of halogens is 1. The predicted molar refractivity (Wildman–Crippen MR) is 85.9 cm³/mol. The van der Waals surface area contributed by atoms with Crippen LogP contribution in [0.1, 0.15) is 12.5 Å². The monoisotopic (exact) mass is 370 g/mol. The summed E-state index contributed by atoms with van der Waals surface area (Å²) in [6.45, 7) is 3.43. The number of ether oxygens (including phenoxy) is 1. The van der Waals surface area contributed by atoms with E-state index in [9.17, 15) is 9.59 Å². The Balaban J connectivity index is 2.08. The average Bonchev–Trinajstić information content (AvgIpc) is 2.92. The van der Waals surface area contributed by atoms with Gasteiger partial charge in [-0.05, 0) is 25.1 Å². The van der Waals surface area contributed by atoms with Crippen LogP contribution in [0.5, 0.6) is 5.75 Å². The Morgan fingerprint density at radius 2 is 2.27 bits per heavy atom.